The number of rotatable bonds is 5. The van der Waals surface area contributed by atoms with E-state index in [1.165, 1.54) is 10.4 Å². The number of halogens is 1. The fraction of sp³-hybridized carbons (Fsp3) is 0.692. The minimum atomic E-state index is -3.53. The summed E-state index contributed by atoms with van der Waals surface area (Å²) >= 11 is 3.17. The van der Waals surface area contributed by atoms with Gasteiger partial charge in [-0.1, -0.05) is 6.92 Å². The number of piperazine rings is 1. The Kier molecular flexibility index (Phi) is 5.48. The monoisotopic (exact) mass is 379 g/mol. The molecule has 0 saturated carbocycles. The van der Waals surface area contributed by atoms with Gasteiger partial charge in [0.05, 0.1) is 6.54 Å². The van der Waals surface area contributed by atoms with Gasteiger partial charge in [0.1, 0.15) is 10.7 Å². The normalized spacial score (nSPS) is 19.8. The van der Waals surface area contributed by atoms with Gasteiger partial charge in [-0.15, -0.1) is 0 Å². The van der Waals surface area contributed by atoms with E-state index in [0.29, 0.717) is 24.9 Å². The van der Waals surface area contributed by atoms with Gasteiger partial charge in [-0.25, -0.2) is 8.42 Å². The molecule has 1 aromatic heterocycles. The highest BCUT2D eigenvalue weighted by molar-refractivity contribution is 9.10. The maximum atomic E-state index is 12.7. The second kappa shape index (κ2) is 6.78. The van der Waals surface area contributed by atoms with Crippen LogP contribution in [-0.4, -0.2) is 49.8 Å². The average molecular weight is 380 g/mol. The van der Waals surface area contributed by atoms with E-state index in [9.17, 15) is 8.42 Å². The zero-order valence-electron chi connectivity index (χ0n) is 12.4. The Morgan fingerprint density at radius 3 is 2.48 bits per heavy atom. The molecule has 2 N–H and O–H groups in total. The predicted octanol–water partition coefficient (Wildman–Crippen LogP) is 1.61. The molecule has 0 aliphatic carbocycles. The van der Waals surface area contributed by atoms with Crippen molar-refractivity contribution in [3.63, 3.8) is 0 Å². The van der Waals surface area contributed by atoms with Gasteiger partial charge in [0, 0.05) is 38.3 Å². The van der Waals surface area contributed by atoms with Gasteiger partial charge >= 0.3 is 0 Å². The SMILES string of the molecule is CCC(C)N1CCN(S(=O)(=O)c2cc(CN)oc2Br)CC1. The first kappa shape index (κ1) is 17.0. The third kappa shape index (κ3) is 3.50. The Labute approximate surface area is 134 Å². The van der Waals surface area contributed by atoms with Crippen LogP contribution in [0.5, 0.6) is 0 Å². The predicted molar refractivity (Wildman–Crippen MR) is 84.4 cm³/mol. The zero-order valence-corrected chi connectivity index (χ0v) is 14.8. The molecule has 0 spiro atoms. The number of nitrogens with two attached hydrogens (primary N) is 1. The van der Waals surface area contributed by atoms with E-state index in [2.05, 4.69) is 34.7 Å². The smallest absolute Gasteiger partial charge is 0.247 e. The average Bonchev–Trinajstić information content (AvgIpc) is 2.88. The molecule has 0 aromatic carbocycles. The van der Waals surface area contributed by atoms with Gasteiger partial charge in [0.25, 0.3) is 0 Å². The summed E-state index contributed by atoms with van der Waals surface area (Å²) in [6.07, 6.45) is 1.07. The molecule has 1 saturated heterocycles. The summed E-state index contributed by atoms with van der Waals surface area (Å²) in [6.45, 7) is 7.01. The first-order valence-electron chi connectivity index (χ1n) is 7.12. The fourth-order valence-corrected chi connectivity index (χ4v) is 4.84. The van der Waals surface area contributed by atoms with E-state index < -0.39 is 10.0 Å². The maximum Gasteiger partial charge on any atom is 0.247 e. The van der Waals surface area contributed by atoms with Gasteiger partial charge in [-0.05, 0) is 29.3 Å². The lowest BCUT2D eigenvalue weighted by Crippen LogP contribution is -2.51. The number of sulfonamides is 1. The number of nitrogens with zero attached hydrogens (tertiary/aromatic N) is 2. The van der Waals surface area contributed by atoms with Crippen molar-refractivity contribution < 1.29 is 12.8 Å². The van der Waals surface area contributed by atoms with Gasteiger partial charge in [-0.2, -0.15) is 4.31 Å². The highest BCUT2D eigenvalue weighted by Crippen LogP contribution is 2.29. The van der Waals surface area contributed by atoms with Crippen molar-refractivity contribution in [1.82, 2.24) is 9.21 Å². The molecular weight excluding hydrogens is 358 g/mol. The van der Waals surface area contributed by atoms with Crippen molar-refractivity contribution >= 4 is 26.0 Å². The van der Waals surface area contributed by atoms with Gasteiger partial charge < -0.3 is 10.2 Å². The Hall–Kier alpha value is -0.410. The molecule has 21 heavy (non-hydrogen) atoms. The van der Waals surface area contributed by atoms with Crippen LogP contribution in [0.15, 0.2) is 20.0 Å². The summed E-state index contributed by atoms with van der Waals surface area (Å²) in [7, 11) is -3.53. The highest BCUT2D eigenvalue weighted by atomic mass is 79.9. The first-order chi connectivity index (χ1) is 9.90. The summed E-state index contributed by atoms with van der Waals surface area (Å²) in [4.78, 5) is 2.49. The van der Waals surface area contributed by atoms with E-state index in [-0.39, 0.29) is 16.1 Å². The summed E-state index contributed by atoms with van der Waals surface area (Å²) < 4.78 is 32.4. The first-order valence-corrected chi connectivity index (χ1v) is 9.36. The molecule has 8 heteroatoms. The number of hydrogen-bond acceptors (Lipinski definition) is 5. The Morgan fingerprint density at radius 1 is 1.38 bits per heavy atom. The van der Waals surface area contributed by atoms with Gasteiger partial charge in [-0.3, -0.25) is 4.90 Å². The third-order valence-corrected chi connectivity index (χ3v) is 6.77. The molecule has 1 aliphatic heterocycles. The largest absolute Gasteiger partial charge is 0.452 e. The molecule has 2 rings (SSSR count). The Balaban J connectivity index is 2.13. The molecule has 1 aromatic rings. The summed E-state index contributed by atoms with van der Waals surface area (Å²) in [5, 5.41) is 0. The number of hydrogen-bond donors (Lipinski definition) is 1. The second-order valence-corrected chi connectivity index (χ2v) is 7.88. The molecule has 0 bridgehead atoms. The lowest BCUT2D eigenvalue weighted by atomic mass is 10.2. The third-order valence-electron chi connectivity index (χ3n) is 4.01. The van der Waals surface area contributed by atoms with Crippen molar-refractivity contribution in [3.8, 4) is 0 Å². The molecule has 0 amide bonds. The standard InChI is InChI=1S/C13H22BrN3O3S/c1-3-10(2)16-4-6-17(7-5-16)21(18,19)12-8-11(9-15)20-13(12)14/h8,10H,3-7,9,15H2,1-2H3. The quantitative estimate of drug-likeness (QED) is 0.840. The topological polar surface area (TPSA) is 79.8 Å². The number of furan rings is 1. The van der Waals surface area contributed by atoms with Crippen LogP contribution in [0, 0.1) is 0 Å². The van der Waals surface area contributed by atoms with Gasteiger partial charge in [0.15, 0.2) is 4.67 Å². The van der Waals surface area contributed by atoms with Crippen molar-refractivity contribution in [3.05, 3.63) is 16.5 Å². The molecule has 2 heterocycles. The highest BCUT2D eigenvalue weighted by Gasteiger charge is 2.32. The summed E-state index contributed by atoms with van der Waals surface area (Å²) in [5.74, 6) is 0.457. The molecule has 120 valence electrons. The molecule has 1 unspecified atom stereocenters. The minimum Gasteiger partial charge on any atom is -0.452 e. The van der Waals surface area contributed by atoms with Crippen molar-refractivity contribution in [2.75, 3.05) is 26.2 Å². The second-order valence-electron chi connectivity index (χ2n) is 5.25. The lowest BCUT2D eigenvalue weighted by Gasteiger charge is -2.36. The molecular formula is C13H22BrN3O3S. The minimum absolute atomic E-state index is 0.167. The van der Waals surface area contributed by atoms with Crippen LogP contribution in [0.2, 0.25) is 0 Å². The van der Waals surface area contributed by atoms with E-state index in [4.69, 9.17) is 10.2 Å². The van der Waals surface area contributed by atoms with Crippen LogP contribution in [0.3, 0.4) is 0 Å². The van der Waals surface area contributed by atoms with Crippen molar-refractivity contribution in [2.45, 2.75) is 37.8 Å². The van der Waals surface area contributed by atoms with E-state index in [0.717, 1.165) is 19.5 Å². The lowest BCUT2D eigenvalue weighted by molar-refractivity contribution is 0.142. The Bertz CT molecular complexity index is 579. The Morgan fingerprint density at radius 2 is 2.00 bits per heavy atom. The molecule has 1 aliphatic rings. The van der Waals surface area contributed by atoms with Crippen molar-refractivity contribution in [2.24, 2.45) is 5.73 Å². The molecule has 0 radical (unpaired) electrons. The van der Waals surface area contributed by atoms with Crippen LogP contribution in [0.25, 0.3) is 0 Å². The summed E-state index contributed by atoms with van der Waals surface area (Å²) in [6, 6.07) is 1.99. The fourth-order valence-electron chi connectivity index (χ4n) is 2.46. The maximum absolute atomic E-state index is 12.7. The molecule has 6 nitrogen and oxygen atoms in total. The summed E-state index contributed by atoms with van der Waals surface area (Å²) in [5.41, 5.74) is 5.49. The van der Waals surface area contributed by atoms with Crippen molar-refractivity contribution in [1.29, 1.82) is 0 Å². The van der Waals surface area contributed by atoms with E-state index in [1.807, 2.05) is 0 Å². The zero-order chi connectivity index (χ0) is 15.6. The molecule has 1 fully saturated rings. The van der Waals surface area contributed by atoms with Crippen LogP contribution in [-0.2, 0) is 16.6 Å². The molecule has 1 atom stereocenters. The van der Waals surface area contributed by atoms with Crippen LogP contribution in [0.1, 0.15) is 26.0 Å². The van der Waals surface area contributed by atoms with Crippen LogP contribution in [0.4, 0.5) is 0 Å². The van der Waals surface area contributed by atoms with E-state index >= 15 is 0 Å². The van der Waals surface area contributed by atoms with Crippen LogP contribution < -0.4 is 5.73 Å². The van der Waals surface area contributed by atoms with Gasteiger partial charge in [0.2, 0.25) is 10.0 Å². The van der Waals surface area contributed by atoms with E-state index in [1.54, 1.807) is 0 Å². The van der Waals surface area contributed by atoms with Crippen LogP contribution >= 0.6 is 15.9 Å².